The highest BCUT2D eigenvalue weighted by atomic mass is 16.3. The van der Waals surface area contributed by atoms with E-state index >= 15 is 0 Å². The summed E-state index contributed by atoms with van der Waals surface area (Å²) >= 11 is 0. The summed E-state index contributed by atoms with van der Waals surface area (Å²) in [5.41, 5.74) is 5.42. The van der Waals surface area contributed by atoms with Gasteiger partial charge >= 0.3 is 0 Å². The van der Waals surface area contributed by atoms with E-state index < -0.39 is 0 Å². The molecule has 0 spiro atoms. The lowest BCUT2D eigenvalue weighted by molar-refractivity contribution is 0.475. The zero-order valence-corrected chi connectivity index (χ0v) is 13.6. The number of phenolic OH excluding ortho intramolecular Hbond substituents is 2. The molecule has 122 valence electrons. The number of hydrogen-bond acceptors (Lipinski definition) is 3. The van der Waals surface area contributed by atoms with Crippen molar-refractivity contribution in [2.45, 2.75) is 32.2 Å². The quantitative estimate of drug-likeness (QED) is 0.743. The van der Waals surface area contributed by atoms with Crippen LogP contribution in [0.2, 0.25) is 0 Å². The van der Waals surface area contributed by atoms with Gasteiger partial charge in [0, 0.05) is 16.7 Å². The molecule has 0 aliphatic heterocycles. The van der Waals surface area contributed by atoms with Crippen LogP contribution in [0.3, 0.4) is 0 Å². The third-order valence-corrected chi connectivity index (χ3v) is 4.54. The van der Waals surface area contributed by atoms with Gasteiger partial charge in [-0.3, -0.25) is 4.68 Å². The molecule has 0 amide bonds. The molecule has 4 heteroatoms. The summed E-state index contributed by atoms with van der Waals surface area (Å²) in [4.78, 5) is 0. The first kappa shape index (κ1) is 14.8. The molecule has 0 radical (unpaired) electrons. The van der Waals surface area contributed by atoms with Crippen LogP contribution >= 0.6 is 0 Å². The van der Waals surface area contributed by atoms with E-state index in [-0.39, 0.29) is 11.5 Å². The second-order valence-corrected chi connectivity index (χ2v) is 6.30. The Labute approximate surface area is 141 Å². The van der Waals surface area contributed by atoms with E-state index in [2.05, 4.69) is 11.6 Å². The molecule has 0 bridgehead atoms. The Hall–Kier alpha value is -2.75. The average molecular weight is 320 g/mol. The number of nitrogens with zero attached hydrogens (tertiary/aromatic N) is 2. The molecular formula is C20H20N2O2. The van der Waals surface area contributed by atoms with Crippen molar-refractivity contribution < 1.29 is 10.2 Å². The fourth-order valence-electron chi connectivity index (χ4n) is 3.16. The molecule has 1 aromatic heterocycles. The minimum Gasteiger partial charge on any atom is -0.508 e. The summed E-state index contributed by atoms with van der Waals surface area (Å²) in [6, 6.07) is 15.0. The van der Waals surface area contributed by atoms with Gasteiger partial charge in [0.05, 0.1) is 17.4 Å². The van der Waals surface area contributed by atoms with Crippen molar-refractivity contribution in [2.24, 2.45) is 0 Å². The van der Waals surface area contributed by atoms with Crippen molar-refractivity contribution in [1.29, 1.82) is 0 Å². The van der Waals surface area contributed by atoms with E-state index in [0.29, 0.717) is 6.04 Å². The van der Waals surface area contributed by atoms with Gasteiger partial charge in [0.15, 0.2) is 0 Å². The summed E-state index contributed by atoms with van der Waals surface area (Å²) < 4.78 is 2.15. The summed E-state index contributed by atoms with van der Waals surface area (Å²) in [5.74, 6) is 0.533. The lowest BCUT2D eigenvalue weighted by Crippen LogP contribution is -1.99. The highest BCUT2D eigenvalue weighted by Crippen LogP contribution is 2.42. The topological polar surface area (TPSA) is 58.3 Å². The maximum Gasteiger partial charge on any atom is 0.115 e. The Balaban J connectivity index is 1.91. The molecule has 3 aromatic rings. The summed E-state index contributed by atoms with van der Waals surface area (Å²) in [6.45, 7) is 2.14. The molecule has 4 rings (SSSR count). The molecule has 24 heavy (non-hydrogen) atoms. The first-order chi connectivity index (χ1) is 11.7. The predicted octanol–water partition coefficient (Wildman–Crippen LogP) is 4.53. The Kier molecular flexibility index (Phi) is 3.53. The van der Waals surface area contributed by atoms with E-state index in [1.807, 2.05) is 24.3 Å². The van der Waals surface area contributed by atoms with Crippen LogP contribution in [0.15, 0.2) is 48.5 Å². The van der Waals surface area contributed by atoms with E-state index in [9.17, 15) is 10.2 Å². The summed E-state index contributed by atoms with van der Waals surface area (Å²) in [6.07, 6.45) is 3.19. The van der Waals surface area contributed by atoms with Crippen LogP contribution in [-0.4, -0.2) is 20.0 Å². The van der Waals surface area contributed by atoms with Gasteiger partial charge in [-0.15, -0.1) is 0 Å². The molecule has 1 aliphatic rings. The molecule has 0 saturated heterocycles. The van der Waals surface area contributed by atoms with Gasteiger partial charge in [-0.05, 0) is 67.8 Å². The fraction of sp³-hybridized carbons (Fsp3) is 0.250. The van der Waals surface area contributed by atoms with Crippen LogP contribution in [0.4, 0.5) is 0 Å². The lowest BCUT2D eigenvalue weighted by Gasteiger charge is -2.08. The number of rotatable bonds is 4. The first-order valence-electron chi connectivity index (χ1n) is 8.37. The van der Waals surface area contributed by atoms with Crippen molar-refractivity contribution in [3.05, 3.63) is 54.1 Å². The minimum absolute atomic E-state index is 0.261. The van der Waals surface area contributed by atoms with Crippen LogP contribution in [0.5, 0.6) is 11.5 Å². The third-order valence-electron chi connectivity index (χ3n) is 4.54. The van der Waals surface area contributed by atoms with E-state index in [0.717, 1.165) is 41.8 Å². The number of benzene rings is 2. The van der Waals surface area contributed by atoms with Gasteiger partial charge < -0.3 is 10.2 Å². The first-order valence-corrected chi connectivity index (χ1v) is 8.37. The van der Waals surface area contributed by atoms with Gasteiger partial charge in [0.25, 0.3) is 0 Å². The van der Waals surface area contributed by atoms with Crippen molar-refractivity contribution in [2.75, 3.05) is 0 Å². The van der Waals surface area contributed by atoms with E-state index in [1.165, 1.54) is 5.56 Å². The van der Waals surface area contributed by atoms with Crippen LogP contribution < -0.4 is 0 Å². The maximum atomic E-state index is 9.58. The number of aromatic hydroxyl groups is 2. The molecular weight excluding hydrogens is 300 g/mol. The lowest BCUT2D eigenvalue weighted by atomic mass is 10.00. The predicted molar refractivity (Wildman–Crippen MR) is 94.1 cm³/mol. The van der Waals surface area contributed by atoms with Crippen molar-refractivity contribution in [3.63, 3.8) is 0 Å². The molecule has 1 fully saturated rings. The van der Waals surface area contributed by atoms with Gasteiger partial charge in [-0.2, -0.15) is 5.10 Å². The smallest absolute Gasteiger partial charge is 0.115 e. The largest absolute Gasteiger partial charge is 0.508 e. The Morgan fingerprint density at radius 1 is 0.917 bits per heavy atom. The Morgan fingerprint density at radius 3 is 1.96 bits per heavy atom. The normalized spacial score (nSPS) is 14.0. The molecule has 2 N–H and O–H groups in total. The summed E-state index contributed by atoms with van der Waals surface area (Å²) in [7, 11) is 0. The molecule has 1 aliphatic carbocycles. The molecule has 1 saturated carbocycles. The molecule has 4 nitrogen and oxygen atoms in total. The Morgan fingerprint density at radius 2 is 1.46 bits per heavy atom. The molecule has 1 heterocycles. The second-order valence-electron chi connectivity index (χ2n) is 6.30. The molecule has 2 aromatic carbocycles. The van der Waals surface area contributed by atoms with Crippen molar-refractivity contribution in [3.8, 4) is 34.0 Å². The second kappa shape index (κ2) is 5.71. The van der Waals surface area contributed by atoms with Crippen LogP contribution in [0.1, 0.15) is 31.4 Å². The minimum atomic E-state index is 0.261. The molecule has 0 atom stereocenters. The number of hydrogen-bond donors (Lipinski definition) is 2. The van der Waals surface area contributed by atoms with Gasteiger partial charge in [-0.25, -0.2) is 0 Å². The maximum absolute atomic E-state index is 9.58. The third kappa shape index (κ3) is 2.54. The molecule has 0 unspecified atom stereocenters. The van der Waals surface area contributed by atoms with Gasteiger partial charge in [-0.1, -0.05) is 6.92 Å². The zero-order chi connectivity index (χ0) is 16.7. The number of phenols is 2. The van der Waals surface area contributed by atoms with Crippen LogP contribution in [0, 0.1) is 0 Å². The zero-order valence-electron chi connectivity index (χ0n) is 13.6. The van der Waals surface area contributed by atoms with Crippen LogP contribution in [0.25, 0.3) is 22.5 Å². The van der Waals surface area contributed by atoms with Gasteiger partial charge in [0.2, 0.25) is 0 Å². The average Bonchev–Trinajstić information content (AvgIpc) is 3.37. The monoisotopic (exact) mass is 320 g/mol. The summed E-state index contributed by atoms with van der Waals surface area (Å²) in [5, 5.41) is 24.0. The fourth-order valence-corrected chi connectivity index (χ4v) is 3.16. The van der Waals surface area contributed by atoms with E-state index in [1.54, 1.807) is 24.3 Å². The standard InChI is InChI=1S/C20H20N2O2/c1-2-18-19(13-3-9-16(23)10-4-13)21-22(15-7-8-15)20(18)14-5-11-17(24)12-6-14/h3-6,9-12,15,23-24H,2,7-8H2,1H3. The van der Waals surface area contributed by atoms with Crippen LogP contribution in [-0.2, 0) is 6.42 Å². The van der Waals surface area contributed by atoms with E-state index in [4.69, 9.17) is 5.10 Å². The number of aromatic nitrogens is 2. The SMILES string of the molecule is CCc1c(-c2ccc(O)cc2)nn(C2CC2)c1-c1ccc(O)cc1. The van der Waals surface area contributed by atoms with Crippen molar-refractivity contribution >= 4 is 0 Å². The highest BCUT2D eigenvalue weighted by molar-refractivity contribution is 5.75. The van der Waals surface area contributed by atoms with Crippen molar-refractivity contribution in [1.82, 2.24) is 9.78 Å². The highest BCUT2D eigenvalue weighted by Gasteiger charge is 2.30. The van der Waals surface area contributed by atoms with Gasteiger partial charge in [0.1, 0.15) is 11.5 Å². The Bertz CT molecular complexity index is 860.